The Morgan fingerprint density at radius 1 is 1.06 bits per heavy atom. The third-order valence-electron chi connectivity index (χ3n) is 6.79. The van der Waals surface area contributed by atoms with Crippen molar-refractivity contribution in [2.24, 2.45) is 28.6 Å². The molecule has 0 saturated heterocycles. The average Bonchev–Trinajstić information content (AvgIpc) is 3.19. The van der Waals surface area contributed by atoms with Crippen molar-refractivity contribution in [3.05, 3.63) is 0 Å². The fourth-order valence-corrected chi connectivity index (χ4v) is 4.90. The van der Waals surface area contributed by atoms with Crippen LogP contribution in [0.15, 0.2) is 0 Å². The summed E-state index contributed by atoms with van der Waals surface area (Å²) >= 11 is 0. The molecule has 3 saturated carbocycles. The summed E-state index contributed by atoms with van der Waals surface area (Å²) in [7, 11) is 0. The van der Waals surface area contributed by atoms with Gasteiger partial charge < -0.3 is 5.32 Å². The molecule has 3 rings (SSSR count). The lowest BCUT2D eigenvalue weighted by atomic mass is 9.72. The van der Waals surface area contributed by atoms with Gasteiger partial charge in [-0.3, -0.25) is 0 Å². The van der Waals surface area contributed by atoms with Crippen molar-refractivity contribution in [3.8, 4) is 0 Å². The number of hydrogen-bond donors (Lipinski definition) is 1. The summed E-state index contributed by atoms with van der Waals surface area (Å²) in [5.74, 6) is 2.86. The highest BCUT2D eigenvalue weighted by molar-refractivity contribution is 5.18. The quantitative estimate of drug-likeness (QED) is 0.786. The van der Waals surface area contributed by atoms with Crippen LogP contribution in [0.1, 0.15) is 66.2 Å². The van der Waals surface area contributed by atoms with Crippen LogP contribution in [0.4, 0.5) is 0 Å². The summed E-state index contributed by atoms with van der Waals surface area (Å²) in [5, 5.41) is 3.78. The standard InChI is InChI=1S/C17H31N/c1-12(2)13-7-9-17(10-8-13)15(16(17,3)4)11-18-14-5-6-14/h12-15,18H,5-11H2,1-4H3. The van der Waals surface area contributed by atoms with Gasteiger partial charge in [0.1, 0.15) is 0 Å². The normalized spacial score (nSPS) is 42.5. The molecule has 3 aliphatic carbocycles. The summed E-state index contributed by atoms with van der Waals surface area (Å²) in [6, 6.07) is 0.880. The van der Waals surface area contributed by atoms with Gasteiger partial charge in [0.2, 0.25) is 0 Å². The molecular weight excluding hydrogens is 218 g/mol. The highest BCUT2D eigenvalue weighted by Crippen LogP contribution is 2.75. The van der Waals surface area contributed by atoms with Gasteiger partial charge in [-0.2, -0.15) is 0 Å². The van der Waals surface area contributed by atoms with Crippen molar-refractivity contribution in [1.82, 2.24) is 5.32 Å². The molecule has 0 amide bonds. The monoisotopic (exact) mass is 249 g/mol. The number of hydrogen-bond acceptors (Lipinski definition) is 1. The number of rotatable bonds is 4. The molecule has 1 unspecified atom stereocenters. The van der Waals surface area contributed by atoms with Crippen LogP contribution < -0.4 is 5.32 Å². The minimum absolute atomic E-state index is 0.608. The summed E-state index contributed by atoms with van der Waals surface area (Å²) in [6.07, 6.45) is 8.83. The van der Waals surface area contributed by atoms with E-state index in [0.717, 1.165) is 23.8 Å². The molecule has 1 nitrogen and oxygen atoms in total. The Labute approximate surface area is 113 Å². The molecule has 1 spiro atoms. The van der Waals surface area contributed by atoms with Crippen molar-refractivity contribution < 1.29 is 0 Å². The van der Waals surface area contributed by atoms with Gasteiger partial charge in [0.05, 0.1) is 0 Å². The fourth-order valence-electron chi connectivity index (χ4n) is 4.90. The number of nitrogens with one attached hydrogen (secondary N) is 1. The SMILES string of the molecule is CC(C)C1CCC2(CC1)C(CNC1CC1)C2(C)C. The minimum atomic E-state index is 0.608. The lowest BCUT2D eigenvalue weighted by Gasteiger charge is -2.33. The Kier molecular flexibility index (Phi) is 3.05. The molecule has 3 aliphatic rings. The second-order valence-electron chi connectivity index (χ2n) is 8.19. The highest BCUT2D eigenvalue weighted by atomic mass is 15.0. The third-order valence-corrected chi connectivity index (χ3v) is 6.79. The van der Waals surface area contributed by atoms with Gasteiger partial charge in [-0.1, -0.05) is 27.7 Å². The van der Waals surface area contributed by atoms with E-state index in [1.165, 1.54) is 45.1 Å². The van der Waals surface area contributed by atoms with E-state index in [1.807, 2.05) is 0 Å². The molecule has 18 heavy (non-hydrogen) atoms. The molecule has 0 aromatic heterocycles. The third kappa shape index (κ3) is 1.94. The zero-order valence-electron chi connectivity index (χ0n) is 12.8. The van der Waals surface area contributed by atoms with Gasteiger partial charge >= 0.3 is 0 Å². The molecule has 1 atom stereocenters. The molecule has 0 aliphatic heterocycles. The first-order valence-electron chi connectivity index (χ1n) is 8.21. The summed E-state index contributed by atoms with van der Waals surface area (Å²) in [6.45, 7) is 11.2. The Hall–Kier alpha value is -0.0400. The zero-order chi connectivity index (χ0) is 13.0. The van der Waals surface area contributed by atoms with Gasteiger partial charge in [-0.15, -0.1) is 0 Å². The van der Waals surface area contributed by atoms with Gasteiger partial charge in [0.15, 0.2) is 0 Å². The molecule has 0 radical (unpaired) electrons. The van der Waals surface area contributed by atoms with E-state index in [4.69, 9.17) is 0 Å². The first kappa shape index (κ1) is 13.0. The Morgan fingerprint density at radius 2 is 1.67 bits per heavy atom. The summed E-state index contributed by atoms with van der Waals surface area (Å²) in [4.78, 5) is 0. The van der Waals surface area contributed by atoms with Crippen LogP contribution in [0.5, 0.6) is 0 Å². The maximum Gasteiger partial charge on any atom is 0.00683 e. The van der Waals surface area contributed by atoms with Crippen molar-refractivity contribution in [2.75, 3.05) is 6.54 Å². The highest BCUT2D eigenvalue weighted by Gasteiger charge is 2.69. The topological polar surface area (TPSA) is 12.0 Å². The van der Waals surface area contributed by atoms with E-state index < -0.39 is 0 Å². The van der Waals surface area contributed by atoms with Crippen molar-refractivity contribution in [2.45, 2.75) is 72.3 Å². The molecule has 0 heterocycles. The molecule has 104 valence electrons. The van der Waals surface area contributed by atoms with Crippen LogP contribution in [-0.4, -0.2) is 12.6 Å². The largest absolute Gasteiger partial charge is 0.314 e. The first-order valence-corrected chi connectivity index (χ1v) is 8.21. The second-order valence-corrected chi connectivity index (χ2v) is 8.19. The van der Waals surface area contributed by atoms with Crippen LogP contribution in [0, 0.1) is 28.6 Å². The van der Waals surface area contributed by atoms with Gasteiger partial charge in [0, 0.05) is 6.04 Å². The molecule has 3 fully saturated rings. The second kappa shape index (κ2) is 4.23. The van der Waals surface area contributed by atoms with E-state index in [0.29, 0.717) is 10.8 Å². The lowest BCUT2D eigenvalue weighted by Crippen LogP contribution is -2.25. The van der Waals surface area contributed by atoms with Crippen LogP contribution in [0.3, 0.4) is 0 Å². The lowest BCUT2D eigenvalue weighted by molar-refractivity contribution is 0.175. The molecule has 1 heteroatoms. The molecule has 0 aromatic carbocycles. The van der Waals surface area contributed by atoms with E-state index in [2.05, 4.69) is 33.0 Å². The zero-order valence-corrected chi connectivity index (χ0v) is 12.8. The summed E-state index contributed by atoms with van der Waals surface area (Å²) in [5.41, 5.74) is 1.32. The Balaban J connectivity index is 1.58. The molecule has 0 aromatic rings. The average molecular weight is 249 g/mol. The fraction of sp³-hybridized carbons (Fsp3) is 1.00. The first-order chi connectivity index (χ1) is 8.47. The van der Waals surface area contributed by atoms with E-state index in [1.54, 1.807) is 0 Å². The minimum Gasteiger partial charge on any atom is -0.314 e. The van der Waals surface area contributed by atoms with E-state index >= 15 is 0 Å². The van der Waals surface area contributed by atoms with Crippen LogP contribution in [0.25, 0.3) is 0 Å². The Bertz CT molecular complexity index is 306. The molecule has 0 bridgehead atoms. The van der Waals surface area contributed by atoms with Gasteiger partial charge in [-0.25, -0.2) is 0 Å². The van der Waals surface area contributed by atoms with Crippen molar-refractivity contribution >= 4 is 0 Å². The Morgan fingerprint density at radius 3 is 2.17 bits per heavy atom. The van der Waals surface area contributed by atoms with Crippen LogP contribution in [-0.2, 0) is 0 Å². The smallest absolute Gasteiger partial charge is 0.00683 e. The van der Waals surface area contributed by atoms with Gasteiger partial charge in [0.25, 0.3) is 0 Å². The van der Waals surface area contributed by atoms with Crippen LogP contribution in [0.2, 0.25) is 0 Å². The molecule has 1 N–H and O–H groups in total. The predicted octanol–water partition coefficient (Wildman–Crippen LogP) is 4.23. The van der Waals surface area contributed by atoms with E-state index in [-0.39, 0.29) is 0 Å². The van der Waals surface area contributed by atoms with Gasteiger partial charge in [-0.05, 0) is 73.7 Å². The summed E-state index contributed by atoms with van der Waals surface area (Å²) < 4.78 is 0. The maximum atomic E-state index is 3.78. The predicted molar refractivity (Wildman–Crippen MR) is 77.5 cm³/mol. The van der Waals surface area contributed by atoms with E-state index in [9.17, 15) is 0 Å². The molecular formula is C17H31N. The van der Waals surface area contributed by atoms with Crippen LogP contribution >= 0.6 is 0 Å². The van der Waals surface area contributed by atoms with Crippen molar-refractivity contribution in [1.29, 1.82) is 0 Å². The van der Waals surface area contributed by atoms with Crippen molar-refractivity contribution in [3.63, 3.8) is 0 Å². The maximum absolute atomic E-state index is 3.78.